The Morgan fingerprint density at radius 3 is 2.82 bits per heavy atom. The van der Waals surface area contributed by atoms with E-state index >= 15 is 0 Å². The van der Waals surface area contributed by atoms with Crippen LogP contribution in [0.5, 0.6) is 0 Å². The molecule has 1 N–H and O–H groups in total. The van der Waals surface area contributed by atoms with Crippen molar-refractivity contribution in [2.45, 2.75) is 13.0 Å². The molecule has 0 saturated heterocycles. The topological polar surface area (TPSA) is 33.1 Å². The Morgan fingerprint density at radius 2 is 2.36 bits per heavy atom. The molecule has 0 saturated carbocycles. The zero-order valence-electron chi connectivity index (χ0n) is 5.88. The highest BCUT2D eigenvalue weighted by Crippen LogP contribution is 2.16. The van der Waals surface area contributed by atoms with Gasteiger partial charge in [0.15, 0.2) is 0 Å². The lowest BCUT2D eigenvalue weighted by Crippen LogP contribution is -1.98. The van der Waals surface area contributed by atoms with E-state index < -0.39 is 11.9 Å². The van der Waals surface area contributed by atoms with E-state index in [1.165, 1.54) is 13.1 Å². The molecule has 1 aromatic rings. The lowest BCUT2D eigenvalue weighted by Gasteiger charge is -2.03. The number of pyridine rings is 1. The van der Waals surface area contributed by atoms with Gasteiger partial charge in [-0.2, -0.15) is 0 Å². The van der Waals surface area contributed by atoms with Gasteiger partial charge in [0, 0.05) is 6.20 Å². The van der Waals surface area contributed by atoms with E-state index in [0.717, 1.165) is 6.07 Å². The number of halogens is 2. The molecule has 0 aliphatic carbocycles. The van der Waals surface area contributed by atoms with Gasteiger partial charge in [0.2, 0.25) is 0 Å². The molecular formula is C7H7ClFNO. The quantitative estimate of drug-likeness (QED) is 0.708. The maximum atomic E-state index is 12.8. The minimum Gasteiger partial charge on any atom is -0.387 e. The molecule has 1 atom stereocenters. The maximum absolute atomic E-state index is 12.8. The van der Waals surface area contributed by atoms with Gasteiger partial charge in [-0.3, -0.25) is 4.98 Å². The Bertz CT molecular complexity index is 265. The molecule has 0 fully saturated rings. The van der Waals surface area contributed by atoms with Gasteiger partial charge in [-0.05, 0) is 13.0 Å². The monoisotopic (exact) mass is 175 g/mol. The molecule has 60 valence electrons. The first kappa shape index (κ1) is 8.43. The number of rotatable bonds is 1. The number of hydrogen-bond acceptors (Lipinski definition) is 2. The highest BCUT2D eigenvalue weighted by Gasteiger charge is 2.08. The molecule has 1 rings (SSSR count). The normalized spacial score (nSPS) is 13.1. The zero-order valence-corrected chi connectivity index (χ0v) is 6.64. The Hall–Kier alpha value is -0.670. The summed E-state index contributed by atoms with van der Waals surface area (Å²) >= 11 is 5.44. The van der Waals surface area contributed by atoms with Crippen LogP contribution in [0.4, 0.5) is 4.39 Å². The smallest absolute Gasteiger partial charge is 0.148 e. The maximum Gasteiger partial charge on any atom is 0.148 e. The van der Waals surface area contributed by atoms with Crippen molar-refractivity contribution in [1.29, 1.82) is 0 Å². The molecule has 0 aliphatic rings. The van der Waals surface area contributed by atoms with Crippen LogP contribution >= 0.6 is 11.6 Å². The molecule has 0 amide bonds. The van der Waals surface area contributed by atoms with Gasteiger partial charge in [-0.25, -0.2) is 4.39 Å². The molecule has 0 bridgehead atoms. The number of hydrogen-bond donors (Lipinski definition) is 1. The van der Waals surface area contributed by atoms with Crippen molar-refractivity contribution in [3.63, 3.8) is 0 Å². The Labute approximate surface area is 68.6 Å². The number of aliphatic hydroxyl groups excluding tert-OH is 1. The molecule has 11 heavy (non-hydrogen) atoms. The summed E-state index contributed by atoms with van der Waals surface area (Å²) in [6, 6.07) is 1.12. The average Bonchev–Trinajstić information content (AvgIpc) is 1.85. The Morgan fingerprint density at radius 1 is 1.73 bits per heavy atom. The van der Waals surface area contributed by atoms with Crippen LogP contribution in [0.3, 0.4) is 0 Å². The summed E-state index contributed by atoms with van der Waals surface area (Å²) in [5.74, 6) is -0.576. The first-order chi connectivity index (χ1) is 5.11. The van der Waals surface area contributed by atoms with Gasteiger partial charge in [0.05, 0.1) is 11.1 Å². The van der Waals surface area contributed by atoms with Crippen molar-refractivity contribution >= 4 is 11.6 Å². The van der Waals surface area contributed by atoms with Crippen molar-refractivity contribution in [2.75, 3.05) is 0 Å². The lowest BCUT2D eigenvalue weighted by molar-refractivity contribution is 0.188. The van der Waals surface area contributed by atoms with Crippen LogP contribution in [-0.4, -0.2) is 10.1 Å². The Kier molecular flexibility index (Phi) is 2.42. The van der Waals surface area contributed by atoms with Crippen molar-refractivity contribution in [1.82, 2.24) is 4.98 Å². The molecule has 2 nitrogen and oxygen atoms in total. The fourth-order valence-electron chi connectivity index (χ4n) is 0.733. The fraction of sp³-hybridized carbons (Fsp3) is 0.286. The van der Waals surface area contributed by atoms with Crippen LogP contribution < -0.4 is 0 Å². The van der Waals surface area contributed by atoms with Crippen molar-refractivity contribution in [2.24, 2.45) is 0 Å². The largest absolute Gasteiger partial charge is 0.387 e. The second-order valence-electron chi connectivity index (χ2n) is 2.20. The zero-order chi connectivity index (χ0) is 8.43. The van der Waals surface area contributed by atoms with Crippen LogP contribution in [0.1, 0.15) is 18.7 Å². The summed E-state index contributed by atoms with van der Waals surface area (Å²) in [6.45, 7) is 1.44. The second-order valence-corrected chi connectivity index (χ2v) is 2.63. The van der Waals surface area contributed by atoms with Crippen LogP contribution in [0.25, 0.3) is 0 Å². The molecule has 0 aliphatic heterocycles. The predicted octanol–water partition coefficient (Wildman–Crippen LogP) is 1.93. The average molecular weight is 176 g/mol. The van der Waals surface area contributed by atoms with Crippen LogP contribution in [0.15, 0.2) is 12.3 Å². The summed E-state index contributed by atoms with van der Waals surface area (Å²) in [7, 11) is 0. The van der Waals surface area contributed by atoms with Gasteiger partial charge in [0.25, 0.3) is 0 Å². The first-order valence-corrected chi connectivity index (χ1v) is 3.48. The summed E-state index contributed by atoms with van der Waals surface area (Å²) < 4.78 is 12.8. The Balaban J connectivity index is 3.09. The van der Waals surface area contributed by atoms with Gasteiger partial charge in [-0.15, -0.1) is 0 Å². The van der Waals surface area contributed by atoms with Crippen LogP contribution in [-0.2, 0) is 0 Å². The molecule has 0 spiro atoms. The van der Waals surface area contributed by atoms with Crippen molar-refractivity contribution < 1.29 is 9.50 Å². The third-order valence-corrected chi connectivity index (χ3v) is 1.44. The molecule has 0 unspecified atom stereocenters. The van der Waals surface area contributed by atoms with E-state index in [1.54, 1.807) is 0 Å². The highest BCUT2D eigenvalue weighted by molar-refractivity contribution is 6.30. The SMILES string of the molecule is C[C@@H](O)c1ncc(Cl)cc1F. The predicted molar refractivity (Wildman–Crippen MR) is 39.8 cm³/mol. The van der Waals surface area contributed by atoms with Crippen LogP contribution in [0.2, 0.25) is 5.02 Å². The van der Waals surface area contributed by atoms with E-state index in [4.69, 9.17) is 16.7 Å². The third kappa shape index (κ3) is 1.88. The van der Waals surface area contributed by atoms with E-state index in [9.17, 15) is 4.39 Å². The summed E-state index contributed by atoms with van der Waals surface area (Å²) in [5, 5.41) is 9.18. The van der Waals surface area contributed by atoms with E-state index in [2.05, 4.69) is 4.98 Å². The molecule has 1 heterocycles. The second kappa shape index (κ2) is 3.15. The van der Waals surface area contributed by atoms with Gasteiger partial charge in [-0.1, -0.05) is 11.6 Å². The highest BCUT2D eigenvalue weighted by atomic mass is 35.5. The molecule has 0 radical (unpaired) electrons. The van der Waals surface area contributed by atoms with Gasteiger partial charge >= 0.3 is 0 Å². The fourth-order valence-corrected chi connectivity index (χ4v) is 0.877. The molecule has 4 heteroatoms. The van der Waals surface area contributed by atoms with E-state index in [1.807, 2.05) is 0 Å². The van der Waals surface area contributed by atoms with Crippen LogP contribution in [0, 0.1) is 5.82 Å². The minimum atomic E-state index is -0.896. The van der Waals surface area contributed by atoms with E-state index in [-0.39, 0.29) is 10.7 Å². The number of aromatic nitrogens is 1. The van der Waals surface area contributed by atoms with Gasteiger partial charge in [0.1, 0.15) is 11.5 Å². The summed E-state index contributed by atoms with van der Waals surface area (Å²) in [5.41, 5.74) is 0.0226. The van der Waals surface area contributed by atoms with E-state index in [0.29, 0.717) is 0 Å². The lowest BCUT2D eigenvalue weighted by atomic mass is 10.2. The summed E-state index contributed by atoms with van der Waals surface area (Å²) in [4.78, 5) is 3.62. The van der Waals surface area contributed by atoms with Crippen molar-refractivity contribution in [3.8, 4) is 0 Å². The molecule has 1 aromatic heterocycles. The third-order valence-electron chi connectivity index (χ3n) is 1.23. The van der Waals surface area contributed by atoms with Crippen molar-refractivity contribution in [3.05, 3.63) is 28.8 Å². The first-order valence-electron chi connectivity index (χ1n) is 3.10. The number of nitrogens with zero attached hydrogens (tertiary/aromatic N) is 1. The standard InChI is InChI=1S/C7H7ClFNO/c1-4(11)7-6(9)2-5(8)3-10-7/h2-4,11H,1H3/t4-/m1/s1. The molecular weight excluding hydrogens is 169 g/mol. The van der Waals surface area contributed by atoms with Gasteiger partial charge < -0.3 is 5.11 Å². The minimum absolute atomic E-state index is 0.0226. The number of aliphatic hydroxyl groups is 1. The summed E-state index contributed by atoms with van der Waals surface area (Å²) in [6.07, 6.45) is 0.402. The molecule has 0 aromatic carbocycles.